The second-order valence-electron chi connectivity index (χ2n) is 6.25. The van der Waals surface area contributed by atoms with Crippen molar-refractivity contribution < 1.29 is 14.3 Å². The van der Waals surface area contributed by atoms with E-state index in [1.807, 2.05) is 55.6 Å². The maximum Gasteiger partial charge on any atom is 0.221 e. The van der Waals surface area contributed by atoms with Crippen LogP contribution in [0.15, 0.2) is 48.5 Å². The SMILES string of the molecule is COc1ccc(CCN(C)CCC(=O)NCc2ccccc2)cc1OC. The highest BCUT2D eigenvalue weighted by Crippen LogP contribution is 2.27. The van der Waals surface area contributed by atoms with Crippen LogP contribution in [0.1, 0.15) is 17.5 Å². The second kappa shape index (κ2) is 10.5. The number of amides is 1. The molecule has 0 aromatic heterocycles. The summed E-state index contributed by atoms with van der Waals surface area (Å²) < 4.78 is 10.6. The number of ether oxygens (including phenoxy) is 2. The zero-order valence-electron chi connectivity index (χ0n) is 15.8. The number of nitrogens with one attached hydrogen (secondary N) is 1. The van der Waals surface area contributed by atoms with Crippen molar-refractivity contribution in [2.75, 3.05) is 34.4 Å². The first-order chi connectivity index (χ1) is 12.6. The number of methoxy groups -OCH3 is 2. The van der Waals surface area contributed by atoms with Gasteiger partial charge in [0.25, 0.3) is 0 Å². The number of carbonyl (C=O) groups excluding carboxylic acids is 1. The van der Waals surface area contributed by atoms with Crippen molar-refractivity contribution in [1.29, 1.82) is 0 Å². The summed E-state index contributed by atoms with van der Waals surface area (Å²) in [5.41, 5.74) is 2.30. The maximum absolute atomic E-state index is 12.0. The molecule has 0 aliphatic carbocycles. The maximum atomic E-state index is 12.0. The Balaban J connectivity index is 1.70. The minimum Gasteiger partial charge on any atom is -0.493 e. The van der Waals surface area contributed by atoms with Crippen LogP contribution in [0.25, 0.3) is 0 Å². The molecule has 0 fully saturated rings. The van der Waals surface area contributed by atoms with Crippen molar-refractivity contribution >= 4 is 5.91 Å². The van der Waals surface area contributed by atoms with Gasteiger partial charge >= 0.3 is 0 Å². The molecule has 0 bridgehead atoms. The van der Waals surface area contributed by atoms with Crippen LogP contribution in [0, 0.1) is 0 Å². The van der Waals surface area contributed by atoms with Crippen LogP contribution >= 0.6 is 0 Å². The molecule has 0 spiro atoms. The Morgan fingerprint density at radius 2 is 1.69 bits per heavy atom. The Morgan fingerprint density at radius 3 is 2.38 bits per heavy atom. The average molecular weight is 356 g/mol. The normalized spacial score (nSPS) is 10.6. The summed E-state index contributed by atoms with van der Waals surface area (Å²) in [4.78, 5) is 14.1. The summed E-state index contributed by atoms with van der Waals surface area (Å²) in [6.45, 7) is 2.18. The number of rotatable bonds is 10. The topological polar surface area (TPSA) is 50.8 Å². The summed E-state index contributed by atoms with van der Waals surface area (Å²) >= 11 is 0. The molecule has 0 atom stereocenters. The van der Waals surface area contributed by atoms with Gasteiger partial charge in [0.2, 0.25) is 5.91 Å². The molecule has 2 aromatic carbocycles. The molecule has 0 unspecified atom stereocenters. The zero-order valence-corrected chi connectivity index (χ0v) is 15.8. The number of nitrogens with zero attached hydrogens (tertiary/aromatic N) is 1. The van der Waals surface area contributed by atoms with Crippen LogP contribution < -0.4 is 14.8 Å². The lowest BCUT2D eigenvalue weighted by Crippen LogP contribution is -2.29. The van der Waals surface area contributed by atoms with Crippen molar-refractivity contribution in [3.05, 3.63) is 59.7 Å². The number of carbonyl (C=O) groups is 1. The first kappa shape index (κ1) is 19.8. The van der Waals surface area contributed by atoms with E-state index in [-0.39, 0.29) is 5.91 Å². The zero-order chi connectivity index (χ0) is 18.8. The molecule has 2 rings (SSSR count). The van der Waals surface area contributed by atoms with Crippen molar-refractivity contribution in [3.8, 4) is 11.5 Å². The molecular formula is C21H28N2O3. The Hall–Kier alpha value is -2.53. The third-order valence-corrected chi connectivity index (χ3v) is 4.28. The summed E-state index contributed by atoms with van der Waals surface area (Å²) in [6.07, 6.45) is 1.39. The lowest BCUT2D eigenvalue weighted by atomic mass is 10.1. The lowest BCUT2D eigenvalue weighted by molar-refractivity contribution is -0.121. The van der Waals surface area contributed by atoms with Crippen LogP contribution in [0.2, 0.25) is 0 Å². The van der Waals surface area contributed by atoms with E-state index in [1.54, 1.807) is 14.2 Å². The minimum atomic E-state index is 0.0758. The number of likely N-dealkylation sites (N-methyl/N-ethyl adjacent to an activating group) is 1. The van der Waals surface area contributed by atoms with E-state index >= 15 is 0 Å². The highest BCUT2D eigenvalue weighted by Gasteiger charge is 2.07. The molecule has 5 heteroatoms. The van der Waals surface area contributed by atoms with Gasteiger partial charge in [-0.15, -0.1) is 0 Å². The van der Waals surface area contributed by atoms with E-state index in [9.17, 15) is 4.79 Å². The van der Waals surface area contributed by atoms with E-state index < -0.39 is 0 Å². The predicted octanol–water partition coefficient (Wildman–Crippen LogP) is 2.88. The molecule has 0 saturated heterocycles. The van der Waals surface area contributed by atoms with Crippen LogP contribution in [0.3, 0.4) is 0 Å². The van der Waals surface area contributed by atoms with Gasteiger partial charge in [0.15, 0.2) is 11.5 Å². The fourth-order valence-corrected chi connectivity index (χ4v) is 2.65. The Labute approximate surface area is 155 Å². The summed E-state index contributed by atoms with van der Waals surface area (Å²) in [6, 6.07) is 15.9. The van der Waals surface area contributed by atoms with Gasteiger partial charge in [-0.25, -0.2) is 0 Å². The molecule has 2 aromatic rings. The Kier molecular flexibility index (Phi) is 7.96. The number of hydrogen-bond acceptors (Lipinski definition) is 4. The van der Waals surface area contributed by atoms with Crippen molar-refractivity contribution in [2.45, 2.75) is 19.4 Å². The lowest BCUT2D eigenvalue weighted by Gasteiger charge is -2.17. The molecule has 0 heterocycles. The van der Waals surface area contributed by atoms with Crippen LogP contribution in [-0.4, -0.2) is 45.2 Å². The van der Waals surface area contributed by atoms with Crippen molar-refractivity contribution in [3.63, 3.8) is 0 Å². The molecule has 0 aliphatic rings. The largest absolute Gasteiger partial charge is 0.493 e. The standard InChI is InChI=1S/C21H28N2O3/c1-23(13-11-17-9-10-19(25-2)20(15-17)26-3)14-12-21(24)22-16-18-7-5-4-6-8-18/h4-10,15H,11-14,16H2,1-3H3,(H,22,24). The minimum absolute atomic E-state index is 0.0758. The van der Waals surface area contributed by atoms with Gasteiger partial charge in [-0.1, -0.05) is 36.4 Å². The summed E-state index contributed by atoms with van der Waals surface area (Å²) in [5, 5.41) is 2.96. The molecule has 1 amide bonds. The average Bonchev–Trinajstić information content (AvgIpc) is 2.69. The van der Waals surface area contributed by atoms with Gasteiger partial charge in [0.1, 0.15) is 0 Å². The predicted molar refractivity (Wildman–Crippen MR) is 104 cm³/mol. The fourth-order valence-electron chi connectivity index (χ4n) is 2.65. The van der Waals surface area contributed by atoms with E-state index in [4.69, 9.17) is 9.47 Å². The van der Waals surface area contributed by atoms with Crippen LogP contribution in [-0.2, 0) is 17.8 Å². The van der Waals surface area contributed by atoms with Crippen LogP contribution in [0.5, 0.6) is 11.5 Å². The second-order valence-corrected chi connectivity index (χ2v) is 6.25. The Morgan fingerprint density at radius 1 is 0.962 bits per heavy atom. The molecule has 5 nitrogen and oxygen atoms in total. The van der Waals surface area contributed by atoms with Crippen LogP contribution in [0.4, 0.5) is 0 Å². The van der Waals surface area contributed by atoms with E-state index in [0.717, 1.165) is 36.6 Å². The molecular weight excluding hydrogens is 328 g/mol. The number of benzene rings is 2. The Bertz CT molecular complexity index is 689. The van der Waals surface area contributed by atoms with Gasteiger partial charge in [-0.2, -0.15) is 0 Å². The summed E-state index contributed by atoms with van der Waals surface area (Å²) in [5.74, 6) is 1.56. The molecule has 0 radical (unpaired) electrons. The first-order valence-corrected chi connectivity index (χ1v) is 8.82. The van der Waals surface area contributed by atoms with E-state index in [1.165, 1.54) is 5.56 Å². The summed E-state index contributed by atoms with van der Waals surface area (Å²) in [7, 11) is 5.31. The number of hydrogen-bond donors (Lipinski definition) is 1. The fraction of sp³-hybridized carbons (Fsp3) is 0.381. The third kappa shape index (κ3) is 6.41. The van der Waals surface area contributed by atoms with Gasteiger partial charge in [0, 0.05) is 26.1 Å². The van der Waals surface area contributed by atoms with E-state index in [0.29, 0.717) is 13.0 Å². The molecule has 26 heavy (non-hydrogen) atoms. The van der Waals surface area contributed by atoms with Crippen molar-refractivity contribution in [2.24, 2.45) is 0 Å². The molecule has 0 aliphatic heterocycles. The monoisotopic (exact) mass is 356 g/mol. The molecule has 1 N–H and O–H groups in total. The van der Waals surface area contributed by atoms with Gasteiger partial charge in [-0.05, 0) is 36.7 Å². The quantitative estimate of drug-likeness (QED) is 0.711. The van der Waals surface area contributed by atoms with Crippen molar-refractivity contribution in [1.82, 2.24) is 10.2 Å². The van der Waals surface area contributed by atoms with Gasteiger partial charge in [-0.3, -0.25) is 4.79 Å². The molecule has 0 saturated carbocycles. The third-order valence-electron chi connectivity index (χ3n) is 4.28. The highest BCUT2D eigenvalue weighted by atomic mass is 16.5. The van der Waals surface area contributed by atoms with Gasteiger partial charge in [0.05, 0.1) is 14.2 Å². The smallest absolute Gasteiger partial charge is 0.221 e. The molecule has 140 valence electrons. The van der Waals surface area contributed by atoms with Gasteiger partial charge < -0.3 is 19.7 Å². The van der Waals surface area contributed by atoms with E-state index in [2.05, 4.69) is 10.2 Å². The first-order valence-electron chi connectivity index (χ1n) is 8.82. The highest BCUT2D eigenvalue weighted by molar-refractivity contribution is 5.76.